The summed E-state index contributed by atoms with van der Waals surface area (Å²) in [6, 6.07) is 12.6. The lowest BCUT2D eigenvalue weighted by molar-refractivity contribution is 0.0948. The van der Waals surface area contributed by atoms with Crippen molar-refractivity contribution in [3.05, 3.63) is 77.4 Å². The van der Waals surface area contributed by atoms with Crippen LogP contribution in [-0.2, 0) is 6.54 Å². The molecule has 0 spiro atoms. The average molecular weight is 349 g/mol. The predicted molar refractivity (Wildman–Crippen MR) is 97.1 cm³/mol. The molecule has 0 saturated carbocycles. The summed E-state index contributed by atoms with van der Waals surface area (Å²) < 4.78 is 1.65. The van der Waals surface area contributed by atoms with Gasteiger partial charge in [0.05, 0.1) is 5.69 Å². The fraction of sp³-hybridized carbons (Fsp3) is 0.158. The molecule has 0 atom stereocenters. The maximum Gasteiger partial charge on any atom is 0.251 e. The highest BCUT2D eigenvalue weighted by Crippen LogP contribution is 2.15. The van der Waals surface area contributed by atoms with E-state index in [0.29, 0.717) is 17.7 Å². The van der Waals surface area contributed by atoms with E-state index in [1.165, 1.54) is 6.33 Å². The van der Waals surface area contributed by atoms with Crippen molar-refractivity contribution in [3.63, 3.8) is 0 Å². The third-order valence-corrected chi connectivity index (χ3v) is 3.99. The van der Waals surface area contributed by atoms with E-state index >= 15 is 0 Å². The first-order chi connectivity index (χ1) is 12.6. The number of aromatic nitrogens is 3. The third-order valence-electron chi connectivity index (χ3n) is 3.99. The molecule has 0 aliphatic rings. The Bertz CT molecular complexity index is 935. The predicted octanol–water partition coefficient (Wildman–Crippen LogP) is 1.87. The van der Waals surface area contributed by atoms with Gasteiger partial charge in [-0.25, -0.2) is 9.67 Å². The smallest absolute Gasteiger partial charge is 0.251 e. The molecule has 2 N–H and O–H groups in total. The van der Waals surface area contributed by atoms with Crippen molar-refractivity contribution in [2.75, 3.05) is 7.05 Å². The number of hydrogen-bond acceptors (Lipinski definition) is 4. The van der Waals surface area contributed by atoms with Crippen molar-refractivity contribution in [3.8, 4) is 5.69 Å². The van der Waals surface area contributed by atoms with Crippen LogP contribution in [0.1, 0.15) is 31.8 Å². The topological polar surface area (TPSA) is 88.9 Å². The summed E-state index contributed by atoms with van der Waals surface area (Å²) in [7, 11) is 1.59. The second-order valence-corrected chi connectivity index (χ2v) is 5.80. The first-order valence-corrected chi connectivity index (χ1v) is 8.13. The van der Waals surface area contributed by atoms with E-state index in [0.717, 1.165) is 16.8 Å². The highest BCUT2D eigenvalue weighted by Gasteiger charge is 2.10. The van der Waals surface area contributed by atoms with Crippen LogP contribution in [0.2, 0.25) is 0 Å². The molecule has 0 aliphatic heterocycles. The lowest BCUT2D eigenvalue weighted by Crippen LogP contribution is -2.23. The van der Waals surface area contributed by atoms with Gasteiger partial charge in [0, 0.05) is 24.7 Å². The van der Waals surface area contributed by atoms with Gasteiger partial charge >= 0.3 is 0 Å². The molecule has 2 amide bonds. The third kappa shape index (κ3) is 3.77. The van der Waals surface area contributed by atoms with Crippen LogP contribution in [0.3, 0.4) is 0 Å². The first-order valence-electron chi connectivity index (χ1n) is 8.13. The molecule has 0 fully saturated rings. The van der Waals surface area contributed by atoms with Crippen molar-refractivity contribution in [1.82, 2.24) is 25.4 Å². The minimum Gasteiger partial charge on any atom is -0.355 e. The number of nitrogens with one attached hydrogen (secondary N) is 2. The van der Waals surface area contributed by atoms with E-state index in [9.17, 15) is 9.59 Å². The number of carbonyl (C=O) groups excluding carboxylic acids is 2. The molecule has 0 bridgehead atoms. The Hall–Kier alpha value is -3.48. The van der Waals surface area contributed by atoms with E-state index in [1.54, 1.807) is 42.3 Å². The van der Waals surface area contributed by atoms with Gasteiger partial charge in [0.2, 0.25) is 0 Å². The molecule has 3 aromatic rings. The molecule has 132 valence electrons. The summed E-state index contributed by atoms with van der Waals surface area (Å²) in [5.41, 5.74) is 3.78. The Morgan fingerprint density at radius 2 is 1.88 bits per heavy atom. The minimum absolute atomic E-state index is 0.155. The Balaban J connectivity index is 1.69. The van der Waals surface area contributed by atoms with E-state index in [-0.39, 0.29) is 11.8 Å². The van der Waals surface area contributed by atoms with Gasteiger partial charge in [0.15, 0.2) is 0 Å². The van der Waals surface area contributed by atoms with Crippen LogP contribution in [0.15, 0.2) is 55.1 Å². The minimum atomic E-state index is -0.177. The monoisotopic (exact) mass is 349 g/mol. The number of nitrogens with zero attached hydrogens (tertiary/aromatic N) is 3. The van der Waals surface area contributed by atoms with Crippen LogP contribution in [0.4, 0.5) is 0 Å². The summed E-state index contributed by atoms with van der Waals surface area (Å²) in [6.07, 6.45) is 3.08. The molecule has 7 nitrogen and oxygen atoms in total. The number of benzene rings is 2. The number of amides is 2. The van der Waals surface area contributed by atoms with Gasteiger partial charge in [0.25, 0.3) is 11.8 Å². The zero-order valence-electron chi connectivity index (χ0n) is 14.6. The fourth-order valence-corrected chi connectivity index (χ4v) is 2.64. The van der Waals surface area contributed by atoms with Crippen LogP contribution in [0, 0.1) is 6.92 Å². The van der Waals surface area contributed by atoms with Crippen molar-refractivity contribution >= 4 is 11.8 Å². The molecule has 1 heterocycles. The van der Waals surface area contributed by atoms with Gasteiger partial charge in [-0.2, -0.15) is 5.10 Å². The summed E-state index contributed by atoms with van der Waals surface area (Å²) in [5.74, 6) is -0.332. The van der Waals surface area contributed by atoms with Gasteiger partial charge in [-0.1, -0.05) is 12.1 Å². The molecule has 2 aromatic carbocycles. The van der Waals surface area contributed by atoms with Crippen LogP contribution < -0.4 is 10.6 Å². The van der Waals surface area contributed by atoms with Crippen molar-refractivity contribution < 1.29 is 9.59 Å². The van der Waals surface area contributed by atoms with Gasteiger partial charge in [0.1, 0.15) is 12.7 Å². The SMILES string of the molecule is CNC(=O)c1cccc(CNC(=O)c2ccc(-n3cncn3)c(C)c2)c1. The highest BCUT2D eigenvalue weighted by molar-refractivity contribution is 5.95. The zero-order valence-corrected chi connectivity index (χ0v) is 14.6. The summed E-state index contributed by atoms with van der Waals surface area (Å²) in [5, 5.41) is 9.56. The number of carbonyl (C=O) groups is 2. The Kier molecular flexibility index (Phi) is 5.07. The van der Waals surface area contributed by atoms with E-state index in [4.69, 9.17) is 0 Å². The Morgan fingerprint density at radius 3 is 2.58 bits per heavy atom. The molecule has 26 heavy (non-hydrogen) atoms. The summed E-state index contributed by atoms with van der Waals surface area (Å²) in [4.78, 5) is 28.0. The Morgan fingerprint density at radius 1 is 1.08 bits per heavy atom. The maximum atomic E-state index is 12.4. The van der Waals surface area contributed by atoms with E-state index < -0.39 is 0 Å². The average Bonchev–Trinajstić information content (AvgIpc) is 3.20. The molecule has 1 aromatic heterocycles. The molecular formula is C19H19N5O2. The van der Waals surface area contributed by atoms with E-state index in [1.807, 2.05) is 25.1 Å². The van der Waals surface area contributed by atoms with E-state index in [2.05, 4.69) is 20.7 Å². The highest BCUT2D eigenvalue weighted by atomic mass is 16.2. The molecule has 7 heteroatoms. The van der Waals surface area contributed by atoms with Crippen LogP contribution in [0.25, 0.3) is 5.69 Å². The van der Waals surface area contributed by atoms with Crippen LogP contribution in [-0.4, -0.2) is 33.6 Å². The number of hydrogen-bond donors (Lipinski definition) is 2. The van der Waals surface area contributed by atoms with Gasteiger partial charge < -0.3 is 10.6 Å². The molecule has 3 rings (SSSR count). The van der Waals surface area contributed by atoms with Crippen LogP contribution >= 0.6 is 0 Å². The van der Waals surface area contributed by atoms with Gasteiger partial charge in [-0.05, 0) is 48.4 Å². The second kappa shape index (κ2) is 7.60. The molecule has 0 radical (unpaired) electrons. The molecule has 0 unspecified atom stereocenters. The number of rotatable bonds is 5. The lowest BCUT2D eigenvalue weighted by Gasteiger charge is -2.10. The molecule has 0 saturated heterocycles. The first kappa shape index (κ1) is 17.3. The van der Waals surface area contributed by atoms with Crippen LogP contribution in [0.5, 0.6) is 0 Å². The normalized spacial score (nSPS) is 10.4. The largest absolute Gasteiger partial charge is 0.355 e. The van der Waals surface area contributed by atoms with Crippen molar-refractivity contribution in [2.24, 2.45) is 0 Å². The zero-order chi connectivity index (χ0) is 18.5. The Labute approximate surface area is 151 Å². The second-order valence-electron chi connectivity index (χ2n) is 5.80. The lowest BCUT2D eigenvalue weighted by atomic mass is 10.1. The number of aryl methyl sites for hydroxylation is 1. The molecule has 0 aliphatic carbocycles. The van der Waals surface area contributed by atoms with Gasteiger partial charge in [-0.15, -0.1) is 0 Å². The summed E-state index contributed by atoms with van der Waals surface area (Å²) >= 11 is 0. The standard InChI is InChI=1S/C19H19N5O2/c1-13-8-16(6-7-17(13)24-12-21-11-23-24)19(26)22-10-14-4-3-5-15(9-14)18(25)20-2/h3-9,11-12H,10H2,1-2H3,(H,20,25)(H,22,26). The van der Waals surface area contributed by atoms with Crippen molar-refractivity contribution in [2.45, 2.75) is 13.5 Å². The van der Waals surface area contributed by atoms with Crippen molar-refractivity contribution in [1.29, 1.82) is 0 Å². The van der Waals surface area contributed by atoms with Gasteiger partial charge in [-0.3, -0.25) is 9.59 Å². The maximum absolute atomic E-state index is 12.4. The molecular weight excluding hydrogens is 330 g/mol. The quantitative estimate of drug-likeness (QED) is 0.736. The summed E-state index contributed by atoms with van der Waals surface area (Å²) in [6.45, 7) is 2.26. The fourth-order valence-electron chi connectivity index (χ4n) is 2.64.